The summed E-state index contributed by atoms with van der Waals surface area (Å²) < 4.78 is 16.0. The van der Waals surface area contributed by atoms with Gasteiger partial charge in [-0.3, -0.25) is 14.3 Å². The molecule has 12 heteroatoms. The Morgan fingerprint density at radius 1 is 1.55 bits per heavy atom. The standard InChI is InChI=1S/C8H12N5O6P/c9-8-11-6-5(7(15)12-8)10-3-13(6)1-4(14)2-19-20(16,17)18/h3-4,14H,1-2H2,(H2,16,17,18)(H3,9,11,12,15). The number of aromatic nitrogens is 4. The number of nitrogens with one attached hydrogen (secondary N) is 1. The van der Waals surface area contributed by atoms with Gasteiger partial charge >= 0.3 is 7.82 Å². The van der Waals surface area contributed by atoms with E-state index in [1.165, 1.54) is 10.9 Å². The number of aliphatic hydroxyl groups is 1. The summed E-state index contributed by atoms with van der Waals surface area (Å²) in [7, 11) is -4.65. The molecule has 1 unspecified atom stereocenters. The Balaban J connectivity index is 2.18. The first-order chi connectivity index (χ1) is 9.26. The smallest absolute Gasteiger partial charge is 0.389 e. The van der Waals surface area contributed by atoms with Crippen molar-refractivity contribution in [3.8, 4) is 0 Å². The summed E-state index contributed by atoms with van der Waals surface area (Å²) in [5.74, 6) is -0.106. The second-order valence-electron chi connectivity index (χ2n) is 3.96. The van der Waals surface area contributed by atoms with Crippen LogP contribution in [0, 0.1) is 0 Å². The van der Waals surface area contributed by atoms with Gasteiger partial charge in [0.15, 0.2) is 11.2 Å². The SMILES string of the molecule is Nc1nc2c(ncn2CC(O)COP(=O)(O)O)c(=O)[nH]1. The molecule has 2 aromatic heterocycles. The highest BCUT2D eigenvalue weighted by molar-refractivity contribution is 7.46. The second kappa shape index (κ2) is 5.31. The van der Waals surface area contributed by atoms with Gasteiger partial charge in [0.25, 0.3) is 5.56 Å². The van der Waals surface area contributed by atoms with Gasteiger partial charge in [-0.1, -0.05) is 0 Å². The summed E-state index contributed by atoms with van der Waals surface area (Å²) in [6.07, 6.45) is 0.0369. The number of hydrogen-bond donors (Lipinski definition) is 5. The maximum atomic E-state index is 11.5. The Morgan fingerprint density at radius 3 is 2.90 bits per heavy atom. The molecule has 2 heterocycles. The number of hydrogen-bond acceptors (Lipinski definition) is 7. The Bertz CT molecular complexity index is 720. The van der Waals surface area contributed by atoms with E-state index >= 15 is 0 Å². The van der Waals surface area contributed by atoms with Crippen molar-refractivity contribution in [2.24, 2.45) is 0 Å². The Labute approximate surface area is 111 Å². The Hall–Kier alpha value is -1.78. The van der Waals surface area contributed by atoms with Crippen LogP contribution in [0.1, 0.15) is 0 Å². The fourth-order valence-electron chi connectivity index (χ4n) is 1.57. The minimum atomic E-state index is -4.65. The minimum absolute atomic E-state index is 0.0438. The van der Waals surface area contributed by atoms with Crippen LogP contribution in [0.2, 0.25) is 0 Å². The minimum Gasteiger partial charge on any atom is -0.389 e. The predicted octanol–water partition coefficient (Wildman–Crippen LogP) is -1.83. The third-order valence-corrected chi connectivity index (χ3v) is 2.82. The summed E-state index contributed by atoms with van der Waals surface area (Å²) in [5.41, 5.74) is 5.08. The van der Waals surface area contributed by atoms with Crippen LogP contribution in [0.5, 0.6) is 0 Å². The molecule has 0 saturated carbocycles. The van der Waals surface area contributed by atoms with E-state index in [9.17, 15) is 14.5 Å². The van der Waals surface area contributed by atoms with Crippen molar-refractivity contribution in [1.82, 2.24) is 19.5 Å². The van der Waals surface area contributed by atoms with Crippen molar-refractivity contribution in [3.63, 3.8) is 0 Å². The molecule has 6 N–H and O–H groups in total. The Morgan fingerprint density at radius 2 is 2.25 bits per heavy atom. The summed E-state index contributed by atoms with van der Waals surface area (Å²) in [4.78, 5) is 38.5. The Kier molecular flexibility index (Phi) is 3.88. The number of aromatic amines is 1. The third-order valence-electron chi connectivity index (χ3n) is 2.34. The van der Waals surface area contributed by atoms with E-state index in [0.29, 0.717) is 0 Å². The molecule has 2 aromatic rings. The number of imidazole rings is 1. The van der Waals surface area contributed by atoms with Crippen molar-refractivity contribution < 1.29 is 24.0 Å². The molecule has 11 nitrogen and oxygen atoms in total. The molecule has 0 bridgehead atoms. The lowest BCUT2D eigenvalue weighted by Crippen LogP contribution is -2.21. The monoisotopic (exact) mass is 305 g/mol. The normalized spacial score (nSPS) is 13.8. The molecule has 0 fully saturated rings. The van der Waals surface area contributed by atoms with Crippen molar-refractivity contribution in [3.05, 3.63) is 16.7 Å². The van der Waals surface area contributed by atoms with Crippen molar-refractivity contribution in [2.75, 3.05) is 12.3 Å². The van der Waals surface area contributed by atoms with Gasteiger partial charge in [-0.25, -0.2) is 9.55 Å². The molecule has 0 aliphatic carbocycles. The number of fused-ring (bicyclic) bond motifs is 1. The van der Waals surface area contributed by atoms with Gasteiger partial charge in [-0.15, -0.1) is 0 Å². The first-order valence-corrected chi connectivity index (χ1v) is 6.88. The number of aliphatic hydroxyl groups excluding tert-OH is 1. The van der Waals surface area contributed by atoms with E-state index in [1.54, 1.807) is 0 Å². The number of nitrogens with zero attached hydrogens (tertiary/aromatic N) is 3. The van der Waals surface area contributed by atoms with Gasteiger partial charge in [0.05, 0.1) is 25.6 Å². The van der Waals surface area contributed by atoms with Crippen LogP contribution in [-0.2, 0) is 15.6 Å². The van der Waals surface area contributed by atoms with Crippen LogP contribution in [-0.4, -0.2) is 47.1 Å². The first-order valence-electron chi connectivity index (χ1n) is 5.35. The van der Waals surface area contributed by atoms with Crippen LogP contribution in [0.4, 0.5) is 5.95 Å². The molecule has 0 aliphatic heterocycles. The fourth-order valence-corrected chi connectivity index (χ4v) is 1.93. The molecular weight excluding hydrogens is 293 g/mol. The number of H-pyrrole nitrogens is 1. The van der Waals surface area contributed by atoms with Gasteiger partial charge < -0.3 is 25.2 Å². The largest absolute Gasteiger partial charge is 0.469 e. The molecule has 1 atom stereocenters. The average molecular weight is 305 g/mol. The van der Waals surface area contributed by atoms with Gasteiger partial charge in [0, 0.05) is 0 Å². The van der Waals surface area contributed by atoms with Gasteiger partial charge in [0.2, 0.25) is 5.95 Å². The average Bonchev–Trinajstić information content (AvgIpc) is 2.69. The zero-order chi connectivity index (χ0) is 14.9. The molecule has 0 spiro atoms. The zero-order valence-corrected chi connectivity index (χ0v) is 10.9. The van der Waals surface area contributed by atoms with E-state index in [1.807, 2.05) is 0 Å². The number of phosphoric acid groups is 1. The number of rotatable bonds is 5. The molecular formula is C8H12N5O6P. The fraction of sp³-hybridized carbons (Fsp3) is 0.375. The highest BCUT2D eigenvalue weighted by Crippen LogP contribution is 2.35. The molecule has 2 rings (SSSR count). The highest BCUT2D eigenvalue weighted by Gasteiger charge is 2.18. The molecule has 0 aromatic carbocycles. The lowest BCUT2D eigenvalue weighted by molar-refractivity contribution is 0.0740. The van der Waals surface area contributed by atoms with Crippen molar-refractivity contribution >= 4 is 24.9 Å². The van der Waals surface area contributed by atoms with Gasteiger partial charge in [0.1, 0.15) is 0 Å². The van der Waals surface area contributed by atoms with E-state index in [4.69, 9.17) is 15.5 Å². The maximum absolute atomic E-state index is 11.5. The molecule has 0 saturated heterocycles. The lowest BCUT2D eigenvalue weighted by Gasteiger charge is -2.12. The van der Waals surface area contributed by atoms with Gasteiger partial charge in [-0.05, 0) is 0 Å². The zero-order valence-electron chi connectivity index (χ0n) is 10.0. The lowest BCUT2D eigenvalue weighted by atomic mass is 10.4. The van der Waals surface area contributed by atoms with Crippen LogP contribution >= 0.6 is 7.82 Å². The van der Waals surface area contributed by atoms with E-state index in [0.717, 1.165) is 0 Å². The van der Waals surface area contributed by atoms with Crippen LogP contribution < -0.4 is 11.3 Å². The van der Waals surface area contributed by atoms with Gasteiger partial charge in [-0.2, -0.15) is 4.98 Å². The topological polar surface area (TPSA) is 177 Å². The summed E-state index contributed by atoms with van der Waals surface area (Å²) in [6.45, 7) is -0.699. The predicted molar refractivity (Wildman–Crippen MR) is 66.6 cm³/mol. The number of phosphoric ester groups is 1. The second-order valence-corrected chi connectivity index (χ2v) is 5.20. The summed E-state index contributed by atoms with van der Waals surface area (Å²) >= 11 is 0. The molecule has 0 radical (unpaired) electrons. The maximum Gasteiger partial charge on any atom is 0.469 e. The molecule has 0 amide bonds. The quantitative estimate of drug-likeness (QED) is 0.397. The number of anilines is 1. The third kappa shape index (κ3) is 3.40. The van der Waals surface area contributed by atoms with Crippen LogP contribution in [0.15, 0.2) is 11.1 Å². The van der Waals surface area contributed by atoms with Crippen LogP contribution in [0.3, 0.4) is 0 Å². The van der Waals surface area contributed by atoms with Crippen molar-refractivity contribution in [2.45, 2.75) is 12.6 Å². The number of nitrogens with two attached hydrogens (primary N) is 1. The van der Waals surface area contributed by atoms with E-state index in [2.05, 4.69) is 19.5 Å². The van der Waals surface area contributed by atoms with Crippen molar-refractivity contribution in [1.29, 1.82) is 0 Å². The molecule has 110 valence electrons. The van der Waals surface area contributed by atoms with E-state index < -0.39 is 26.1 Å². The summed E-state index contributed by atoms with van der Waals surface area (Å²) in [6, 6.07) is 0. The molecule has 0 aliphatic rings. The van der Waals surface area contributed by atoms with Crippen LogP contribution in [0.25, 0.3) is 11.2 Å². The summed E-state index contributed by atoms with van der Waals surface area (Å²) in [5, 5.41) is 9.62. The molecule has 20 heavy (non-hydrogen) atoms. The van der Waals surface area contributed by atoms with E-state index in [-0.39, 0.29) is 23.7 Å². The highest BCUT2D eigenvalue weighted by atomic mass is 31.2. The first kappa shape index (κ1) is 14.6. The number of nitrogen functional groups attached to an aromatic ring is 1.